The van der Waals surface area contributed by atoms with Gasteiger partial charge in [0.2, 0.25) is 16.3 Å². The second-order valence-electron chi connectivity index (χ2n) is 11.6. The minimum Gasteiger partial charge on any atom is -0.750 e. The third-order valence-corrected chi connectivity index (χ3v) is 37.3. The maximum atomic E-state index is 8.56. The van der Waals surface area contributed by atoms with E-state index < -0.39 is 96.9 Å². The Morgan fingerprint density at radius 3 is 0.288 bits per heavy atom. The first kappa shape index (κ1) is 80.3. The summed E-state index contributed by atoms with van der Waals surface area (Å²) in [5, 5.41) is 0. The summed E-state index contributed by atoms with van der Waals surface area (Å²) in [6.07, 6.45) is 0. The monoisotopic (exact) mass is 1790 g/mol. The molecule has 46 heteroatoms. The van der Waals surface area contributed by atoms with E-state index in [9.17, 15) is 0 Å². The molecule has 0 heterocycles. The standard InChI is InChI=1S/C20Cl42.H2O3S/c21-1(22,3(25,26)5(29,30)7(33,34)9(37,38)11(41,42)13(45,46)15(49,50)17(53,54)19(57,58)59)2(23,24)4(27,28)6(31,32)8(35,36)10(39,40)12(43,44)14(47,48)16(51,52)18(55,56)20(60,61)62;1-4(2)3/h;(H2,1,2,3)/p-1. The van der Waals surface area contributed by atoms with Crippen LogP contribution in [0.1, 0.15) is 0 Å². The van der Waals surface area contributed by atoms with Crippen molar-refractivity contribution < 1.29 is 13.3 Å². The molecule has 0 rings (SSSR count). The first-order valence-electron chi connectivity index (χ1n) is 13.2. The van der Waals surface area contributed by atoms with Crippen LogP contribution in [-0.4, -0.2) is 98.9 Å². The molecule has 1 atom stereocenters. The Morgan fingerprint density at radius 1 is 0.197 bits per heavy atom. The molecule has 0 fully saturated rings. The summed E-state index contributed by atoms with van der Waals surface area (Å²) < 4.78 is -46.1. The molecule has 0 aliphatic rings. The first-order valence-corrected chi connectivity index (χ1v) is 30.1. The maximum Gasteiger partial charge on any atom is 0.226 e. The average molecular weight is 1810 g/mol. The summed E-state index contributed by atoms with van der Waals surface area (Å²) in [5.74, 6) is 0. The topological polar surface area (TPSA) is 60.4 Å². The molecule has 0 aromatic carbocycles. The van der Waals surface area contributed by atoms with Crippen molar-refractivity contribution in [1.82, 2.24) is 0 Å². The zero-order chi connectivity index (χ0) is 55.6. The summed E-state index contributed by atoms with van der Waals surface area (Å²) in [7, 11) is 0. The predicted molar refractivity (Wildman–Crippen MR) is 312 cm³/mol. The van der Waals surface area contributed by atoms with Crippen LogP contribution in [0.4, 0.5) is 0 Å². The van der Waals surface area contributed by atoms with Crippen LogP contribution in [0.2, 0.25) is 0 Å². The molecule has 0 amide bonds. The highest BCUT2D eigenvalue weighted by Crippen LogP contribution is 2.79. The molecule has 0 spiro atoms. The number of rotatable bonds is 17. The van der Waals surface area contributed by atoms with Gasteiger partial charge in [0.25, 0.3) is 0 Å². The van der Waals surface area contributed by atoms with Gasteiger partial charge in [-0.1, -0.05) is 487 Å². The fourth-order valence-electron chi connectivity index (χ4n) is 3.51. The van der Waals surface area contributed by atoms with Gasteiger partial charge in [0.1, 0.15) is 0 Å². The van der Waals surface area contributed by atoms with Crippen molar-refractivity contribution >= 4 is 499 Å². The second-order valence-corrected chi connectivity index (χ2v) is 40.4. The molecule has 1 unspecified atom stereocenters. The number of hydrogen-bond donors (Lipinski definition) is 1. The lowest BCUT2D eigenvalue weighted by Gasteiger charge is -2.59. The van der Waals surface area contributed by atoms with Crippen LogP contribution >= 0.6 is 487 Å². The Bertz CT molecular complexity index is 1620. The van der Waals surface area contributed by atoms with E-state index in [4.69, 9.17) is 501 Å². The van der Waals surface area contributed by atoms with Crippen LogP contribution in [0.5, 0.6) is 0 Å². The Kier molecular flexibility index (Phi) is 29.9. The molecule has 3 nitrogen and oxygen atoms in total. The van der Waals surface area contributed by atoms with Crippen LogP contribution in [-0.2, 0) is 11.4 Å². The SMILES string of the molecule is ClC(Cl)(Cl)C(Cl)(Cl)C(Cl)(Cl)C(Cl)(Cl)C(Cl)(Cl)C(Cl)(Cl)C(Cl)(Cl)C(Cl)(Cl)C(Cl)(Cl)C(Cl)(Cl)C(Cl)(Cl)C(Cl)(Cl)C(Cl)(Cl)C(Cl)(Cl)C(Cl)(Cl)C(Cl)(Cl)C(Cl)(Cl)C(Cl)(Cl)C(Cl)(Cl)C(Cl)(Cl)Cl.O=S([O-])O. The Labute approximate surface area is 587 Å². The van der Waals surface area contributed by atoms with Crippen molar-refractivity contribution in [3.63, 3.8) is 0 Å². The first-order chi connectivity index (χ1) is 27.5. The largest absolute Gasteiger partial charge is 0.750 e. The quantitative estimate of drug-likeness (QED) is 0.117. The predicted octanol–water partition coefficient (Wildman–Crippen LogP) is 24.2. The van der Waals surface area contributed by atoms with Crippen LogP contribution in [0.15, 0.2) is 0 Å². The van der Waals surface area contributed by atoms with E-state index in [0.29, 0.717) is 0 Å². The molecular formula is C20HCl42O3S-. The van der Waals surface area contributed by atoms with E-state index >= 15 is 0 Å². The van der Waals surface area contributed by atoms with Gasteiger partial charge in [-0.2, -0.15) is 0 Å². The van der Waals surface area contributed by atoms with Crippen molar-refractivity contribution in [1.29, 1.82) is 0 Å². The van der Waals surface area contributed by atoms with E-state index in [2.05, 4.69) is 0 Å². The van der Waals surface area contributed by atoms with Crippen LogP contribution < -0.4 is 0 Å². The van der Waals surface area contributed by atoms with Gasteiger partial charge in [-0.3, -0.25) is 0 Å². The average Bonchev–Trinajstić information content (AvgIpc) is 3.05. The van der Waals surface area contributed by atoms with Gasteiger partial charge in [0.05, 0.1) is 11.4 Å². The van der Waals surface area contributed by atoms with E-state index in [1.165, 1.54) is 0 Å². The fraction of sp³-hybridized carbons (Fsp3) is 1.00. The Morgan fingerprint density at radius 2 is 0.242 bits per heavy atom. The summed E-state index contributed by atoms with van der Waals surface area (Å²) in [6, 6.07) is 0. The molecule has 0 aromatic rings. The zero-order valence-corrected chi connectivity index (χ0v) is 60.1. The summed E-state index contributed by atoms with van der Waals surface area (Å²) in [6.45, 7) is 0. The lowest BCUT2D eigenvalue weighted by atomic mass is 9.96. The normalized spacial score (nSPS) is 17.4. The minimum absolute atomic E-state index is 2.86. The van der Waals surface area contributed by atoms with E-state index in [0.717, 1.165) is 0 Å². The number of alkyl halides is 42. The second kappa shape index (κ2) is 24.6. The highest BCUT2D eigenvalue weighted by atomic mass is 35.6. The van der Waals surface area contributed by atoms with Gasteiger partial charge in [-0.25, -0.2) is 4.21 Å². The molecule has 66 heavy (non-hydrogen) atoms. The van der Waals surface area contributed by atoms with Gasteiger partial charge in [-0.15, -0.1) is 0 Å². The number of hydrogen-bond acceptors (Lipinski definition) is 2. The molecule has 1 N–H and O–H groups in total. The molecule has 0 saturated carbocycles. The molecule has 400 valence electrons. The molecule has 0 aliphatic carbocycles. The summed E-state index contributed by atoms with van der Waals surface area (Å²) >= 11 is 265. The van der Waals surface area contributed by atoms with Gasteiger partial charge in [0, 0.05) is 0 Å². The molecule has 0 bridgehead atoms. The van der Waals surface area contributed by atoms with E-state index in [1.807, 2.05) is 0 Å². The van der Waals surface area contributed by atoms with Crippen molar-refractivity contribution in [3.8, 4) is 0 Å². The third-order valence-electron chi connectivity index (χ3n) is 7.42. The third kappa shape index (κ3) is 12.9. The maximum absolute atomic E-state index is 8.56. The van der Waals surface area contributed by atoms with Crippen LogP contribution in [0, 0.1) is 0 Å². The Hall–Kier alpha value is 12.2. The van der Waals surface area contributed by atoms with Crippen molar-refractivity contribution in [2.45, 2.75) is 85.6 Å². The fourth-order valence-corrected chi connectivity index (χ4v) is 17.7. The number of halogens is 42. The van der Waals surface area contributed by atoms with E-state index in [-0.39, 0.29) is 0 Å². The van der Waals surface area contributed by atoms with Crippen molar-refractivity contribution in [2.75, 3.05) is 0 Å². The summed E-state index contributed by atoms with van der Waals surface area (Å²) in [4.78, 5) is 0. The van der Waals surface area contributed by atoms with Gasteiger partial charge >= 0.3 is 0 Å². The highest BCUT2D eigenvalue weighted by molar-refractivity contribution is 7.73. The molecule has 0 aliphatic heterocycles. The summed E-state index contributed by atoms with van der Waals surface area (Å²) in [5.41, 5.74) is 0. The van der Waals surface area contributed by atoms with Gasteiger partial charge in [0.15, 0.2) is 69.3 Å². The smallest absolute Gasteiger partial charge is 0.226 e. The minimum atomic E-state index is -3.79. The van der Waals surface area contributed by atoms with Gasteiger partial charge in [-0.05, 0) is 0 Å². The van der Waals surface area contributed by atoms with Crippen LogP contribution in [0.25, 0.3) is 0 Å². The van der Waals surface area contributed by atoms with Crippen molar-refractivity contribution in [3.05, 3.63) is 0 Å². The molecule has 0 aromatic heterocycles. The molecule has 0 radical (unpaired) electrons. The lowest BCUT2D eigenvalue weighted by Crippen LogP contribution is -2.76. The molecular weight excluding hydrogens is 1810 g/mol. The molecule has 0 saturated heterocycles. The lowest BCUT2D eigenvalue weighted by molar-refractivity contribution is 0.388. The zero-order valence-electron chi connectivity index (χ0n) is 27.5. The Balaban J connectivity index is 0. The van der Waals surface area contributed by atoms with E-state index in [1.54, 1.807) is 0 Å². The van der Waals surface area contributed by atoms with Crippen LogP contribution in [0.3, 0.4) is 0 Å². The highest BCUT2D eigenvalue weighted by Gasteiger charge is 2.89. The van der Waals surface area contributed by atoms with Crippen molar-refractivity contribution in [2.24, 2.45) is 0 Å². The van der Waals surface area contributed by atoms with Gasteiger partial charge < -0.3 is 9.11 Å².